The summed E-state index contributed by atoms with van der Waals surface area (Å²) in [7, 11) is 1.40. The van der Waals surface area contributed by atoms with Crippen LogP contribution in [0.3, 0.4) is 0 Å². The van der Waals surface area contributed by atoms with E-state index in [0.717, 1.165) is 0 Å². The van der Waals surface area contributed by atoms with Gasteiger partial charge in [0.05, 0.1) is 12.0 Å². The number of methoxy groups -OCH3 is 1. The van der Waals surface area contributed by atoms with Crippen LogP contribution < -0.4 is 0 Å². The second-order valence-corrected chi connectivity index (χ2v) is 3.91. The Morgan fingerprint density at radius 3 is 2.44 bits per heavy atom. The zero-order valence-corrected chi connectivity index (χ0v) is 9.21. The number of rotatable bonds is 3. The molecule has 0 bridgehead atoms. The number of carbonyl (C=O) groups excluding carboxylic acids is 1. The zero-order chi connectivity index (χ0) is 12.3. The third-order valence-corrected chi connectivity index (χ3v) is 3.05. The minimum Gasteiger partial charge on any atom is -0.381 e. The molecule has 0 amide bonds. The van der Waals surface area contributed by atoms with Crippen LogP contribution in [0.1, 0.15) is 26.2 Å². The highest BCUT2D eigenvalue weighted by atomic mass is 19.4. The second-order valence-electron chi connectivity index (χ2n) is 3.91. The zero-order valence-electron chi connectivity index (χ0n) is 9.21. The minimum absolute atomic E-state index is 0.0835. The first-order valence-electron chi connectivity index (χ1n) is 5.21. The molecule has 0 aromatic carbocycles. The molecule has 0 N–H and O–H groups in total. The summed E-state index contributed by atoms with van der Waals surface area (Å²) in [6, 6.07) is 0. The molecule has 1 aliphatic rings. The number of esters is 1. The van der Waals surface area contributed by atoms with Gasteiger partial charge in [0, 0.05) is 7.11 Å². The number of hydrogen-bond donors (Lipinski definition) is 0. The summed E-state index contributed by atoms with van der Waals surface area (Å²) in [4.78, 5) is 11.4. The lowest BCUT2D eigenvalue weighted by Gasteiger charge is -2.21. The molecule has 0 spiro atoms. The summed E-state index contributed by atoms with van der Waals surface area (Å²) in [5.41, 5.74) is 0. The van der Waals surface area contributed by atoms with Crippen molar-refractivity contribution in [3.05, 3.63) is 0 Å². The first-order valence-corrected chi connectivity index (χ1v) is 5.21. The summed E-state index contributed by atoms with van der Waals surface area (Å²) in [5.74, 6) is -2.10. The topological polar surface area (TPSA) is 35.5 Å². The molecule has 1 rings (SSSR count). The summed E-state index contributed by atoms with van der Waals surface area (Å²) >= 11 is 0. The third kappa shape index (κ3) is 3.10. The van der Waals surface area contributed by atoms with Crippen molar-refractivity contribution in [2.45, 2.75) is 38.7 Å². The van der Waals surface area contributed by atoms with Gasteiger partial charge in [0.1, 0.15) is 0 Å². The normalized spacial score (nSPS) is 30.4. The molecule has 0 aliphatic heterocycles. The summed E-state index contributed by atoms with van der Waals surface area (Å²) in [5, 5.41) is 0. The predicted octanol–water partition coefficient (Wildman–Crippen LogP) is 2.50. The first-order chi connectivity index (χ1) is 7.39. The SMILES string of the molecule is CCC1CCC(OC)C1C(=O)OC(F)(F)F. The molecule has 16 heavy (non-hydrogen) atoms. The van der Waals surface area contributed by atoms with E-state index in [0.29, 0.717) is 19.3 Å². The molecule has 0 aromatic rings. The van der Waals surface area contributed by atoms with Crippen LogP contribution in [-0.4, -0.2) is 25.5 Å². The van der Waals surface area contributed by atoms with Gasteiger partial charge in [0.2, 0.25) is 0 Å². The van der Waals surface area contributed by atoms with Gasteiger partial charge in [-0.1, -0.05) is 13.3 Å². The van der Waals surface area contributed by atoms with Crippen LogP contribution in [0.15, 0.2) is 0 Å². The van der Waals surface area contributed by atoms with E-state index in [1.54, 1.807) is 0 Å². The number of hydrogen-bond acceptors (Lipinski definition) is 3. The van der Waals surface area contributed by atoms with Gasteiger partial charge in [-0.05, 0) is 18.8 Å². The maximum Gasteiger partial charge on any atom is 0.575 e. The van der Waals surface area contributed by atoms with E-state index in [9.17, 15) is 18.0 Å². The highest BCUT2D eigenvalue weighted by Crippen LogP contribution is 2.37. The van der Waals surface area contributed by atoms with Gasteiger partial charge in [-0.2, -0.15) is 0 Å². The fourth-order valence-corrected chi connectivity index (χ4v) is 2.29. The number of carbonyl (C=O) groups is 1. The Bertz CT molecular complexity index is 240. The lowest BCUT2D eigenvalue weighted by molar-refractivity contribution is -0.309. The number of halogens is 3. The number of alkyl halides is 3. The van der Waals surface area contributed by atoms with Crippen molar-refractivity contribution in [3.63, 3.8) is 0 Å². The molecule has 94 valence electrons. The molecule has 3 nitrogen and oxygen atoms in total. The Balaban J connectivity index is 2.70. The largest absolute Gasteiger partial charge is 0.575 e. The predicted molar refractivity (Wildman–Crippen MR) is 49.4 cm³/mol. The van der Waals surface area contributed by atoms with Crippen LogP contribution in [0.2, 0.25) is 0 Å². The second kappa shape index (κ2) is 5.03. The molecule has 1 saturated carbocycles. The quantitative estimate of drug-likeness (QED) is 0.711. The van der Waals surface area contributed by atoms with E-state index in [1.165, 1.54) is 7.11 Å². The standard InChI is InChI=1S/C10H15F3O3/c1-3-6-4-5-7(15-2)8(6)9(14)16-10(11,12)13/h6-8H,3-5H2,1-2H3. The maximum atomic E-state index is 11.9. The van der Waals surface area contributed by atoms with E-state index in [1.807, 2.05) is 6.92 Å². The maximum absolute atomic E-state index is 11.9. The van der Waals surface area contributed by atoms with Crippen molar-refractivity contribution >= 4 is 5.97 Å². The van der Waals surface area contributed by atoms with Crippen LogP contribution in [-0.2, 0) is 14.3 Å². The van der Waals surface area contributed by atoms with Crippen molar-refractivity contribution in [1.82, 2.24) is 0 Å². The van der Waals surface area contributed by atoms with Gasteiger partial charge in [-0.25, -0.2) is 0 Å². The van der Waals surface area contributed by atoms with Gasteiger partial charge in [-0.15, -0.1) is 13.2 Å². The van der Waals surface area contributed by atoms with Gasteiger partial charge < -0.3 is 9.47 Å². The smallest absolute Gasteiger partial charge is 0.381 e. The fourth-order valence-electron chi connectivity index (χ4n) is 2.29. The number of ether oxygens (including phenoxy) is 2. The Morgan fingerprint density at radius 2 is 2.00 bits per heavy atom. The molecule has 3 unspecified atom stereocenters. The molecule has 6 heteroatoms. The van der Waals surface area contributed by atoms with Gasteiger partial charge in [0.25, 0.3) is 0 Å². The van der Waals surface area contributed by atoms with Crippen LogP contribution in [0.25, 0.3) is 0 Å². The Labute approximate surface area is 91.9 Å². The molecule has 0 aromatic heterocycles. The summed E-state index contributed by atoms with van der Waals surface area (Å²) in [6.07, 6.45) is -3.41. The molecule has 1 aliphatic carbocycles. The van der Waals surface area contributed by atoms with Gasteiger partial charge in [0.15, 0.2) is 0 Å². The molecule has 0 radical (unpaired) electrons. The molecular formula is C10H15F3O3. The molecule has 0 saturated heterocycles. The average Bonchev–Trinajstić information content (AvgIpc) is 2.57. The summed E-state index contributed by atoms with van der Waals surface area (Å²) < 4.78 is 44.3. The van der Waals surface area contributed by atoms with E-state index in [2.05, 4.69) is 4.74 Å². The van der Waals surface area contributed by atoms with E-state index in [4.69, 9.17) is 4.74 Å². The highest BCUT2D eigenvalue weighted by molar-refractivity contribution is 5.74. The highest BCUT2D eigenvalue weighted by Gasteiger charge is 2.45. The van der Waals surface area contributed by atoms with E-state index < -0.39 is 24.4 Å². The lowest BCUT2D eigenvalue weighted by Crippen LogP contribution is -2.34. The van der Waals surface area contributed by atoms with Crippen molar-refractivity contribution in [2.24, 2.45) is 11.8 Å². The van der Waals surface area contributed by atoms with E-state index >= 15 is 0 Å². The van der Waals surface area contributed by atoms with Crippen LogP contribution in [0.5, 0.6) is 0 Å². The molecular weight excluding hydrogens is 225 g/mol. The lowest BCUT2D eigenvalue weighted by atomic mass is 9.92. The third-order valence-electron chi connectivity index (χ3n) is 3.05. The average molecular weight is 240 g/mol. The van der Waals surface area contributed by atoms with Crippen LogP contribution in [0.4, 0.5) is 13.2 Å². The molecule has 1 fully saturated rings. The Kier molecular flexibility index (Phi) is 4.18. The van der Waals surface area contributed by atoms with Gasteiger partial charge in [-0.3, -0.25) is 4.79 Å². The Morgan fingerprint density at radius 1 is 1.38 bits per heavy atom. The van der Waals surface area contributed by atoms with Crippen molar-refractivity contribution in [1.29, 1.82) is 0 Å². The van der Waals surface area contributed by atoms with Crippen molar-refractivity contribution in [3.8, 4) is 0 Å². The molecule has 3 atom stereocenters. The monoisotopic (exact) mass is 240 g/mol. The fraction of sp³-hybridized carbons (Fsp3) is 0.900. The first kappa shape index (κ1) is 13.3. The Hall–Kier alpha value is -0.780. The summed E-state index contributed by atoms with van der Waals surface area (Å²) in [6.45, 7) is 1.84. The van der Waals surface area contributed by atoms with Gasteiger partial charge >= 0.3 is 12.3 Å². The van der Waals surface area contributed by atoms with Crippen LogP contribution in [0, 0.1) is 11.8 Å². The van der Waals surface area contributed by atoms with Crippen molar-refractivity contribution < 1.29 is 27.4 Å². The van der Waals surface area contributed by atoms with Crippen LogP contribution >= 0.6 is 0 Å². The van der Waals surface area contributed by atoms with Crippen molar-refractivity contribution in [2.75, 3.05) is 7.11 Å². The van der Waals surface area contributed by atoms with E-state index in [-0.39, 0.29) is 5.92 Å². The molecule has 0 heterocycles. The minimum atomic E-state index is -4.91.